The average Bonchev–Trinajstić information content (AvgIpc) is 2.84. The number of halogens is 2. The van der Waals surface area contributed by atoms with Crippen molar-refractivity contribution in [2.45, 2.75) is 13.3 Å². The summed E-state index contributed by atoms with van der Waals surface area (Å²) in [7, 11) is 0. The molecule has 1 N–H and O–H groups in total. The molecule has 0 unspecified atom stereocenters. The lowest BCUT2D eigenvalue weighted by molar-refractivity contribution is -0.115. The van der Waals surface area contributed by atoms with E-state index in [0.717, 1.165) is 28.6 Å². The van der Waals surface area contributed by atoms with Crippen molar-refractivity contribution in [1.29, 1.82) is 0 Å². The van der Waals surface area contributed by atoms with Gasteiger partial charge in [-0.05, 0) is 30.7 Å². The van der Waals surface area contributed by atoms with Gasteiger partial charge in [0.05, 0.1) is 18.4 Å². The highest BCUT2D eigenvalue weighted by molar-refractivity contribution is 5.95. The number of carbonyl (C=O) groups is 1. The Bertz CT molecular complexity index is 855. The number of anilines is 1. The van der Waals surface area contributed by atoms with Crippen LogP contribution in [0.15, 0.2) is 47.1 Å². The second-order valence-electron chi connectivity index (χ2n) is 5.11. The van der Waals surface area contributed by atoms with Crippen LogP contribution in [0, 0.1) is 18.6 Å². The van der Waals surface area contributed by atoms with E-state index in [2.05, 4.69) is 5.32 Å². The van der Waals surface area contributed by atoms with Crippen LogP contribution in [0.1, 0.15) is 11.1 Å². The molecule has 22 heavy (non-hydrogen) atoms. The molecule has 112 valence electrons. The molecule has 2 aromatic carbocycles. The Balaban J connectivity index is 1.78. The van der Waals surface area contributed by atoms with Crippen molar-refractivity contribution in [2.24, 2.45) is 0 Å². The van der Waals surface area contributed by atoms with Gasteiger partial charge in [0.2, 0.25) is 5.91 Å². The maximum absolute atomic E-state index is 13.5. The molecule has 0 radical (unpaired) electrons. The molecule has 0 aliphatic carbocycles. The molecule has 0 saturated carbocycles. The second-order valence-corrected chi connectivity index (χ2v) is 5.11. The number of fused-ring (bicyclic) bond motifs is 1. The standard InChI is InChI=1S/C17H13F2NO2/c1-10-2-4-13-11(9-22-16(13)6-10)7-17(21)20-15-5-3-12(18)8-14(15)19/h2-6,8-9H,7H2,1H3,(H,20,21). The van der Waals surface area contributed by atoms with Crippen LogP contribution in [-0.4, -0.2) is 5.91 Å². The number of nitrogens with one attached hydrogen (secondary N) is 1. The molecule has 0 bridgehead atoms. The first-order valence-electron chi connectivity index (χ1n) is 6.74. The van der Waals surface area contributed by atoms with Crippen LogP contribution in [0.3, 0.4) is 0 Å². The van der Waals surface area contributed by atoms with E-state index >= 15 is 0 Å². The first kappa shape index (κ1) is 14.3. The summed E-state index contributed by atoms with van der Waals surface area (Å²) in [6, 6.07) is 8.71. The lowest BCUT2D eigenvalue weighted by Gasteiger charge is -2.05. The van der Waals surface area contributed by atoms with Crippen molar-refractivity contribution in [2.75, 3.05) is 5.32 Å². The maximum atomic E-state index is 13.5. The molecule has 0 aliphatic rings. The topological polar surface area (TPSA) is 42.2 Å². The molecule has 0 fully saturated rings. The number of amides is 1. The van der Waals surface area contributed by atoms with Gasteiger partial charge < -0.3 is 9.73 Å². The molecular formula is C17H13F2NO2. The van der Waals surface area contributed by atoms with Crippen LogP contribution in [0.5, 0.6) is 0 Å². The van der Waals surface area contributed by atoms with Gasteiger partial charge in [-0.2, -0.15) is 0 Å². The van der Waals surface area contributed by atoms with Gasteiger partial charge in [-0.25, -0.2) is 8.78 Å². The van der Waals surface area contributed by atoms with Crippen molar-refractivity contribution in [3.63, 3.8) is 0 Å². The van der Waals surface area contributed by atoms with Crippen molar-refractivity contribution in [1.82, 2.24) is 0 Å². The van der Waals surface area contributed by atoms with Crippen LogP contribution >= 0.6 is 0 Å². The molecule has 3 aromatic rings. The van der Waals surface area contributed by atoms with Crippen molar-refractivity contribution in [3.05, 3.63) is 65.4 Å². The number of hydrogen-bond acceptors (Lipinski definition) is 2. The fourth-order valence-electron chi connectivity index (χ4n) is 2.29. The Kier molecular flexibility index (Phi) is 3.63. The fourth-order valence-corrected chi connectivity index (χ4v) is 2.29. The molecule has 1 heterocycles. The third kappa shape index (κ3) is 2.83. The molecular weight excluding hydrogens is 288 g/mol. The minimum absolute atomic E-state index is 0.0463. The Morgan fingerprint density at radius 1 is 1.18 bits per heavy atom. The quantitative estimate of drug-likeness (QED) is 0.787. The summed E-state index contributed by atoms with van der Waals surface area (Å²) in [6.07, 6.45) is 1.57. The van der Waals surface area contributed by atoms with E-state index in [1.165, 1.54) is 12.3 Å². The number of carbonyl (C=O) groups excluding carboxylic acids is 1. The van der Waals surface area contributed by atoms with E-state index < -0.39 is 17.5 Å². The van der Waals surface area contributed by atoms with Gasteiger partial charge in [0, 0.05) is 17.0 Å². The fraction of sp³-hybridized carbons (Fsp3) is 0.118. The minimum Gasteiger partial charge on any atom is -0.464 e. The molecule has 3 nitrogen and oxygen atoms in total. The van der Waals surface area contributed by atoms with Crippen molar-refractivity contribution in [3.8, 4) is 0 Å². The van der Waals surface area contributed by atoms with Crippen molar-refractivity contribution < 1.29 is 18.0 Å². The highest BCUT2D eigenvalue weighted by Gasteiger charge is 2.12. The summed E-state index contributed by atoms with van der Waals surface area (Å²) in [6.45, 7) is 1.95. The van der Waals surface area contributed by atoms with E-state index in [0.29, 0.717) is 5.58 Å². The summed E-state index contributed by atoms with van der Waals surface area (Å²) in [5, 5.41) is 3.28. The van der Waals surface area contributed by atoms with E-state index in [9.17, 15) is 13.6 Å². The van der Waals surface area contributed by atoms with E-state index in [-0.39, 0.29) is 12.1 Å². The largest absolute Gasteiger partial charge is 0.464 e. The van der Waals surface area contributed by atoms with Crippen LogP contribution in [0.4, 0.5) is 14.5 Å². The summed E-state index contributed by atoms with van der Waals surface area (Å²) >= 11 is 0. The molecule has 0 atom stereocenters. The molecule has 1 aromatic heterocycles. The first-order valence-corrected chi connectivity index (χ1v) is 6.74. The van der Waals surface area contributed by atoms with E-state index in [1.54, 1.807) is 0 Å². The monoisotopic (exact) mass is 301 g/mol. The molecule has 0 saturated heterocycles. The van der Waals surface area contributed by atoms with Gasteiger partial charge in [0.15, 0.2) is 0 Å². The molecule has 5 heteroatoms. The van der Waals surface area contributed by atoms with Gasteiger partial charge in [-0.3, -0.25) is 4.79 Å². The zero-order chi connectivity index (χ0) is 15.7. The van der Waals surface area contributed by atoms with Gasteiger partial charge in [-0.1, -0.05) is 12.1 Å². The van der Waals surface area contributed by atoms with Gasteiger partial charge >= 0.3 is 0 Å². The number of benzene rings is 2. The third-order valence-corrected chi connectivity index (χ3v) is 3.37. The predicted octanol–water partition coefficient (Wildman–Crippen LogP) is 4.20. The maximum Gasteiger partial charge on any atom is 0.229 e. The number of furan rings is 1. The SMILES string of the molecule is Cc1ccc2c(CC(=O)Nc3ccc(F)cc3F)coc2c1. The normalized spacial score (nSPS) is 10.9. The highest BCUT2D eigenvalue weighted by atomic mass is 19.1. The Hall–Kier alpha value is -2.69. The van der Waals surface area contributed by atoms with E-state index in [1.807, 2.05) is 25.1 Å². The number of aryl methyl sites for hydroxylation is 1. The Morgan fingerprint density at radius 3 is 2.77 bits per heavy atom. The zero-order valence-corrected chi connectivity index (χ0v) is 11.8. The van der Waals surface area contributed by atoms with Gasteiger partial charge in [0.25, 0.3) is 0 Å². The highest BCUT2D eigenvalue weighted by Crippen LogP contribution is 2.23. The van der Waals surface area contributed by atoms with Crippen LogP contribution in [-0.2, 0) is 11.2 Å². The summed E-state index contributed by atoms with van der Waals surface area (Å²) in [4.78, 5) is 12.0. The first-order chi connectivity index (χ1) is 10.5. The smallest absolute Gasteiger partial charge is 0.229 e. The number of hydrogen-bond donors (Lipinski definition) is 1. The zero-order valence-electron chi connectivity index (χ0n) is 11.8. The summed E-state index contributed by atoms with van der Waals surface area (Å²) < 4.78 is 31.8. The lowest BCUT2D eigenvalue weighted by atomic mass is 10.1. The Labute approximate surface area is 125 Å². The lowest BCUT2D eigenvalue weighted by Crippen LogP contribution is -2.15. The Morgan fingerprint density at radius 2 is 2.00 bits per heavy atom. The third-order valence-electron chi connectivity index (χ3n) is 3.37. The predicted molar refractivity (Wildman–Crippen MR) is 79.6 cm³/mol. The van der Waals surface area contributed by atoms with Crippen LogP contribution in [0.2, 0.25) is 0 Å². The van der Waals surface area contributed by atoms with Gasteiger partial charge in [-0.15, -0.1) is 0 Å². The van der Waals surface area contributed by atoms with Gasteiger partial charge in [0.1, 0.15) is 17.2 Å². The minimum atomic E-state index is -0.805. The van der Waals surface area contributed by atoms with E-state index in [4.69, 9.17) is 4.42 Å². The number of rotatable bonds is 3. The molecule has 1 amide bonds. The van der Waals surface area contributed by atoms with Crippen molar-refractivity contribution >= 4 is 22.6 Å². The molecule has 0 aliphatic heterocycles. The summed E-state index contributed by atoms with van der Waals surface area (Å²) in [5.74, 6) is -1.89. The van der Waals surface area contributed by atoms with Crippen LogP contribution < -0.4 is 5.32 Å². The molecule has 0 spiro atoms. The molecule has 3 rings (SSSR count). The average molecular weight is 301 g/mol. The van der Waals surface area contributed by atoms with Crippen LogP contribution in [0.25, 0.3) is 11.0 Å². The summed E-state index contributed by atoms with van der Waals surface area (Å²) in [5.41, 5.74) is 2.44. The second kappa shape index (κ2) is 5.60.